The number of methoxy groups -OCH3 is 1. The van der Waals surface area contributed by atoms with Gasteiger partial charge < -0.3 is 10.1 Å². The fourth-order valence-electron chi connectivity index (χ4n) is 2.16. The number of amides is 1. The third-order valence-electron chi connectivity index (χ3n) is 3.38. The molecule has 0 atom stereocenters. The Morgan fingerprint density at radius 1 is 1.12 bits per heavy atom. The predicted molar refractivity (Wildman–Crippen MR) is 95.2 cm³/mol. The number of hydrogen-bond donors (Lipinski definition) is 2. The second-order valence-corrected chi connectivity index (χ2v) is 7.04. The van der Waals surface area contributed by atoms with E-state index in [1.54, 1.807) is 24.3 Å². The van der Waals surface area contributed by atoms with Crippen molar-refractivity contribution in [1.82, 2.24) is 0 Å². The van der Waals surface area contributed by atoms with Gasteiger partial charge in [0.2, 0.25) is 10.0 Å². The molecule has 0 bridgehead atoms. The smallest absolute Gasteiger partial charge is 0.255 e. The highest BCUT2D eigenvalue weighted by molar-refractivity contribution is 7.92. The lowest BCUT2D eigenvalue weighted by Crippen LogP contribution is -2.14. The van der Waals surface area contributed by atoms with Crippen molar-refractivity contribution in [2.75, 3.05) is 23.4 Å². The normalized spacial score (nSPS) is 11.0. The molecule has 0 aliphatic heterocycles. The Balaban J connectivity index is 2.22. The minimum absolute atomic E-state index is 0.263. The summed E-state index contributed by atoms with van der Waals surface area (Å²) in [6.07, 6.45) is 1.95. The molecular formula is C17H20N2O4S. The summed E-state index contributed by atoms with van der Waals surface area (Å²) in [5.41, 5.74) is 2.40. The molecule has 0 heterocycles. The van der Waals surface area contributed by atoms with Gasteiger partial charge in [-0.3, -0.25) is 9.52 Å². The molecule has 2 aromatic rings. The van der Waals surface area contributed by atoms with Crippen LogP contribution < -0.4 is 14.8 Å². The minimum atomic E-state index is -3.46. The van der Waals surface area contributed by atoms with Crippen LogP contribution in [-0.2, 0) is 16.4 Å². The Labute approximate surface area is 141 Å². The van der Waals surface area contributed by atoms with Crippen LogP contribution in [0.15, 0.2) is 42.5 Å². The first-order chi connectivity index (χ1) is 11.3. The van der Waals surface area contributed by atoms with Crippen molar-refractivity contribution in [3.63, 3.8) is 0 Å². The molecule has 1 amide bonds. The van der Waals surface area contributed by atoms with E-state index in [1.807, 2.05) is 19.1 Å². The summed E-state index contributed by atoms with van der Waals surface area (Å²) in [7, 11) is -2.02. The summed E-state index contributed by atoms with van der Waals surface area (Å²) >= 11 is 0. The highest BCUT2D eigenvalue weighted by Crippen LogP contribution is 2.28. The standard InChI is InChI=1S/C17H20N2O4S/c1-4-12-5-7-13(8-6-12)17(20)18-14-9-10-16(23-2)15(11-14)19-24(3,21)22/h5-11,19H,4H2,1-3H3,(H,18,20). The van der Waals surface area contributed by atoms with Gasteiger partial charge in [-0.1, -0.05) is 19.1 Å². The fraction of sp³-hybridized carbons (Fsp3) is 0.235. The van der Waals surface area contributed by atoms with E-state index in [9.17, 15) is 13.2 Å². The number of rotatable bonds is 6. The maximum Gasteiger partial charge on any atom is 0.255 e. The quantitative estimate of drug-likeness (QED) is 0.841. The first kappa shape index (κ1) is 17.8. The second kappa shape index (κ2) is 7.35. The number of benzene rings is 2. The zero-order chi connectivity index (χ0) is 17.7. The lowest BCUT2D eigenvalue weighted by Gasteiger charge is -2.12. The molecule has 0 unspecified atom stereocenters. The predicted octanol–water partition coefficient (Wildman–Crippen LogP) is 2.88. The van der Waals surface area contributed by atoms with E-state index in [4.69, 9.17) is 4.74 Å². The van der Waals surface area contributed by atoms with E-state index in [0.717, 1.165) is 18.2 Å². The zero-order valence-corrected chi connectivity index (χ0v) is 14.6. The van der Waals surface area contributed by atoms with Gasteiger partial charge in [0.25, 0.3) is 5.91 Å². The molecule has 2 N–H and O–H groups in total. The minimum Gasteiger partial charge on any atom is -0.495 e. The monoisotopic (exact) mass is 348 g/mol. The first-order valence-corrected chi connectivity index (χ1v) is 9.27. The maximum absolute atomic E-state index is 12.3. The number of anilines is 2. The largest absolute Gasteiger partial charge is 0.495 e. The van der Waals surface area contributed by atoms with Gasteiger partial charge in [0.05, 0.1) is 19.1 Å². The molecule has 24 heavy (non-hydrogen) atoms. The van der Waals surface area contributed by atoms with E-state index in [-0.39, 0.29) is 11.6 Å². The number of carbonyl (C=O) groups excluding carboxylic acids is 1. The van der Waals surface area contributed by atoms with Crippen LogP contribution in [0.3, 0.4) is 0 Å². The summed E-state index contributed by atoms with van der Waals surface area (Å²) in [6.45, 7) is 2.04. The molecule has 0 saturated carbocycles. The van der Waals surface area contributed by atoms with Crippen molar-refractivity contribution in [2.24, 2.45) is 0 Å². The molecule has 0 saturated heterocycles. The van der Waals surface area contributed by atoms with Crippen LogP contribution in [0, 0.1) is 0 Å². The zero-order valence-electron chi connectivity index (χ0n) is 13.8. The summed E-state index contributed by atoms with van der Waals surface area (Å²) in [6, 6.07) is 12.1. The molecule has 0 aliphatic rings. The van der Waals surface area contributed by atoms with Crippen molar-refractivity contribution in [3.05, 3.63) is 53.6 Å². The van der Waals surface area contributed by atoms with Gasteiger partial charge in [-0.25, -0.2) is 8.42 Å². The van der Waals surface area contributed by atoms with E-state index in [2.05, 4.69) is 10.0 Å². The Morgan fingerprint density at radius 2 is 1.79 bits per heavy atom. The van der Waals surface area contributed by atoms with Crippen molar-refractivity contribution in [2.45, 2.75) is 13.3 Å². The van der Waals surface area contributed by atoms with Crippen LogP contribution in [-0.4, -0.2) is 27.7 Å². The van der Waals surface area contributed by atoms with Gasteiger partial charge in [-0.15, -0.1) is 0 Å². The number of nitrogens with one attached hydrogen (secondary N) is 2. The molecule has 7 heteroatoms. The number of sulfonamides is 1. The van der Waals surface area contributed by atoms with Gasteiger partial charge in [-0.2, -0.15) is 0 Å². The van der Waals surface area contributed by atoms with Crippen molar-refractivity contribution < 1.29 is 17.9 Å². The number of ether oxygens (including phenoxy) is 1. The van der Waals surface area contributed by atoms with Crippen LogP contribution in [0.25, 0.3) is 0 Å². The van der Waals surface area contributed by atoms with Crippen LogP contribution in [0.2, 0.25) is 0 Å². The van der Waals surface area contributed by atoms with Crippen molar-refractivity contribution in [3.8, 4) is 5.75 Å². The topological polar surface area (TPSA) is 84.5 Å². The van der Waals surface area contributed by atoms with Gasteiger partial charge in [-0.05, 0) is 42.3 Å². The van der Waals surface area contributed by atoms with Gasteiger partial charge in [0.1, 0.15) is 5.75 Å². The fourth-order valence-corrected chi connectivity index (χ4v) is 2.72. The molecule has 0 radical (unpaired) electrons. The average molecular weight is 348 g/mol. The Kier molecular flexibility index (Phi) is 5.46. The van der Waals surface area contributed by atoms with E-state index in [1.165, 1.54) is 13.2 Å². The summed E-state index contributed by atoms with van der Waals surface area (Å²) in [5, 5.41) is 2.74. The highest BCUT2D eigenvalue weighted by Gasteiger charge is 2.11. The summed E-state index contributed by atoms with van der Waals surface area (Å²) in [4.78, 5) is 12.3. The van der Waals surface area contributed by atoms with Crippen LogP contribution in [0.5, 0.6) is 5.75 Å². The molecule has 0 fully saturated rings. The first-order valence-electron chi connectivity index (χ1n) is 7.38. The van der Waals surface area contributed by atoms with Crippen LogP contribution >= 0.6 is 0 Å². The Morgan fingerprint density at radius 3 is 2.33 bits per heavy atom. The van der Waals surface area contributed by atoms with Gasteiger partial charge in [0, 0.05) is 11.3 Å². The van der Waals surface area contributed by atoms with Crippen LogP contribution in [0.4, 0.5) is 11.4 Å². The molecule has 2 aromatic carbocycles. The van der Waals surface area contributed by atoms with Crippen molar-refractivity contribution in [1.29, 1.82) is 0 Å². The van der Waals surface area contributed by atoms with Crippen LogP contribution in [0.1, 0.15) is 22.8 Å². The van der Waals surface area contributed by atoms with Gasteiger partial charge >= 0.3 is 0 Å². The third-order valence-corrected chi connectivity index (χ3v) is 3.97. The number of aryl methyl sites for hydroxylation is 1. The summed E-state index contributed by atoms with van der Waals surface area (Å²) in [5.74, 6) is 0.0962. The molecule has 128 valence electrons. The third kappa shape index (κ3) is 4.73. The average Bonchev–Trinajstić information content (AvgIpc) is 2.53. The number of carbonyl (C=O) groups is 1. The van der Waals surface area contributed by atoms with Gasteiger partial charge in [0.15, 0.2) is 0 Å². The Bertz CT molecular complexity index is 830. The van der Waals surface area contributed by atoms with E-state index in [0.29, 0.717) is 17.0 Å². The van der Waals surface area contributed by atoms with E-state index < -0.39 is 10.0 Å². The second-order valence-electron chi connectivity index (χ2n) is 5.29. The lowest BCUT2D eigenvalue weighted by molar-refractivity contribution is 0.102. The highest BCUT2D eigenvalue weighted by atomic mass is 32.2. The van der Waals surface area contributed by atoms with E-state index >= 15 is 0 Å². The number of hydrogen-bond acceptors (Lipinski definition) is 4. The SMILES string of the molecule is CCc1ccc(C(=O)Nc2ccc(OC)c(NS(C)(=O)=O)c2)cc1. The molecule has 0 aliphatic carbocycles. The summed E-state index contributed by atoms with van der Waals surface area (Å²) < 4.78 is 30.3. The lowest BCUT2D eigenvalue weighted by atomic mass is 10.1. The Hall–Kier alpha value is -2.54. The maximum atomic E-state index is 12.3. The van der Waals surface area contributed by atoms with Crippen molar-refractivity contribution >= 4 is 27.3 Å². The molecule has 0 spiro atoms. The molecule has 0 aromatic heterocycles. The molecule has 6 nitrogen and oxygen atoms in total. The molecular weight excluding hydrogens is 328 g/mol. The molecule has 2 rings (SSSR count).